The predicted octanol–water partition coefficient (Wildman–Crippen LogP) is 4.66. The van der Waals surface area contributed by atoms with Crippen molar-refractivity contribution < 1.29 is 9.20 Å². The van der Waals surface area contributed by atoms with Crippen LogP contribution in [0.5, 0.6) is 0 Å². The first-order valence-electron chi connectivity index (χ1n) is 5.25. The minimum absolute atomic E-state index is 0.931. The summed E-state index contributed by atoms with van der Waals surface area (Å²) in [6, 6.07) is 9.81. The number of hydrogen-bond acceptors (Lipinski definition) is 6. The first kappa shape index (κ1) is 17.7. The molecule has 0 unspecified atom stereocenters. The van der Waals surface area contributed by atoms with Gasteiger partial charge in [0.25, 0.3) is 0 Å². The first-order valence-corrected chi connectivity index (χ1v) is 19.0. The van der Waals surface area contributed by atoms with Gasteiger partial charge in [0, 0.05) is 12.4 Å². The molecule has 0 saturated carbocycles. The summed E-state index contributed by atoms with van der Waals surface area (Å²) in [6.07, 6.45) is 3.57. The molecule has 0 aliphatic heterocycles. The van der Waals surface area contributed by atoms with E-state index in [4.69, 9.17) is 0 Å². The number of aryl methyl sites for hydroxylation is 1. The topological polar surface area (TPSA) is 84.6 Å². The van der Waals surface area contributed by atoms with Gasteiger partial charge in [-0.05, 0) is 30.7 Å². The van der Waals surface area contributed by atoms with Gasteiger partial charge in [-0.2, -0.15) is 0 Å². The van der Waals surface area contributed by atoms with Crippen LogP contribution in [-0.4, -0.2) is 9.97 Å². The second kappa shape index (κ2) is 8.83. The average Bonchev–Trinajstić information content (AvgIpc) is 2.49. The molecule has 0 fully saturated rings. The average molecular weight is 580 g/mol. The van der Waals surface area contributed by atoms with E-state index in [1.165, 1.54) is 0 Å². The van der Waals surface area contributed by atoms with Crippen molar-refractivity contribution >= 4 is 38.7 Å². The molecular weight excluding hydrogens is 570 g/mol. The van der Waals surface area contributed by atoms with Crippen molar-refractivity contribution in [3.63, 3.8) is 0 Å². The van der Waals surface area contributed by atoms with Gasteiger partial charge in [-0.3, -0.25) is 9.97 Å². The second-order valence-corrected chi connectivity index (χ2v) is 30.7. The van der Waals surface area contributed by atoms with Gasteiger partial charge in [0.05, 0.1) is 11.4 Å². The number of rotatable bonds is 3. The van der Waals surface area contributed by atoms with E-state index in [9.17, 15) is 9.81 Å². The monoisotopic (exact) mass is 582 g/mol. The summed E-state index contributed by atoms with van der Waals surface area (Å²) in [4.78, 5) is 27.7. The molecule has 0 radical (unpaired) electrons. The molecule has 9 heteroatoms. The molecule has 20 heavy (non-hydrogen) atoms. The molecule has 2 aromatic heterocycles. The summed E-state index contributed by atoms with van der Waals surface area (Å²) in [5.41, 5.74) is 3.05. The fourth-order valence-electron chi connectivity index (χ4n) is 1.27. The van der Waals surface area contributed by atoms with Crippen LogP contribution >= 0.6 is 38.7 Å². The molecule has 0 N–H and O–H groups in total. The van der Waals surface area contributed by atoms with Crippen molar-refractivity contribution in [2.45, 2.75) is 6.92 Å². The van der Waals surface area contributed by atoms with Gasteiger partial charge in [0.2, 0.25) is 0 Å². The van der Waals surface area contributed by atoms with E-state index in [0.717, 1.165) is 17.0 Å². The van der Waals surface area contributed by atoms with E-state index >= 15 is 0 Å². The molecule has 0 aromatic carbocycles. The summed E-state index contributed by atoms with van der Waals surface area (Å²) in [5.74, 6) is 0. The zero-order valence-corrected chi connectivity index (χ0v) is 16.6. The SMILES string of the molecule is Cc1cccnc1-c1ccccn1.O=[N][Mo]([I])([I])[N]=O. The molecule has 2 rings (SSSR count). The molecular formula is C11H10I2MoN4O2. The number of hydrogen-bond donors (Lipinski definition) is 0. The standard InChI is InChI=1S/C11H10N2.2HI.Mo.2NO/c1-9-5-4-8-13-11(9)10-6-2-3-7-12-10;;;;2*1-2/h2-8H,1H3;2*1H;;;/q;;;+4;2*-1/p-2. The van der Waals surface area contributed by atoms with Crippen molar-refractivity contribution in [2.75, 3.05) is 0 Å². The van der Waals surface area contributed by atoms with Crippen molar-refractivity contribution in [3.8, 4) is 11.4 Å². The van der Waals surface area contributed by atoms with Crippen LogP contribution in [0.25, 0.3) is 11.4 Å². The first-order chi connectivity index (χ1) is 9.50. The summed E-state index contributed by atoms with van der Waals surface area (Å²) < 4.78 is 5.15. The molecule has 0 spiro atoms. The second-order valence-electron chi connectivity index (χ2n) is 3.45. The van der Waals surface area contributed by atoms with Gasteiger partial charge in [-0.1, -0.05) is 12.1 Å². The third-order valence-electron chi connectivity index (χ3n) is 2.10. The summed E-state index contributed by atoms with van der Waals surface area (Å²) in [7, 11) is -3.03. The number of nitrogens with zero attached hydrogens (tertiary/aromatic N) is 4. The fraction of sp³-hybridized carbons (Fsp3) is 0.0909. The van der Waals surface area contributed by atoms with Crippen LogP contribution in [-0.2, 0) is 9.20 Å². The Hall–Kier alpha value is -0.352. The summed E-state index contributed by atoms with van der Waals surface area (Å²) >= 11 is 3.44. The normalized spacial score (nSPS) is 10.9. The van der Waals surface area contributed by atoms with E-state index in [2.05, 4.69) is 17.4 Å². The Balaban J connectivity index is 0.000000246. The van der Waals surface area contributed by atoms with Crippen LogP contribution < -0.4 is 0 Å². The molecule has 0 atom stereocenters. The Bertz CT molecular complexity index is 574. The van der Waals surface area contributed by atoms with Gasteiger partial charge in [0.15, 0.2) is 0 Å². The van der Waals surface area contributed by atoms with Crippen LogP contribution in [0.2, 0.25) is 0 Å². The van der Waals surface area contributed by atoms with Gasteiger partial charge in [-0.15, -0.1) is 0 Å². The van der Waals surface area contributed by atoms with E-state index in [1.54, 1.807) is 51.1 Å². The van der Waals surface area contributed by atoms with E-state index in [1.807, 2.05) is 37.3 Å². The Morgan fingerprint density at radius 1 is 1.00 bits per heavy atom. The molecule has 106 valence electrons. The predicted molar refractivity (Wildman–Crippen MR) is 91.8 cm³/mol. The van der Waals surface area contributed by atoms with Crippen molar-refractivity contribution in [3.05, 3.63) is 58.1 Å². The molecule has 0 aliphatic carbocycles. The molecule has 2 aromatic rings. The Labute approximate surface area is 140 Å². The van der Waals surface area contributed by atoms with Crippen molar-refractivity contribution in [2.24, 2.45) is 7.47 Å². The molecule has 6 nitrogen and oxygen atoms in total. The van der Waals surface area contributed by atoms with Gasteiger partial charge in [0.1, 0.15) is 0 Å². The Morgan fingerprint density at radius 3 is 2.10 bits per heavy atom. The molecule has 0 amide bonds. The molecule has 0 aliphatic rings. The van der Waals surface area contributed by atoms with Gasteiger partial charge < -0.3 is 0 Å². The van der Waals surface area contributed by atoms with E-state index in [-0.39, 0.29) is 0 Å². The van der Waals surface area contributed by atoms with Crippen LogP contribution in [0, 0.1) is 16.7 Å². The van der Waals surface area contributed by atoms with E-state index in [0.29, 0.717) is 0 Å². The Kier molecular flexibility index (Phi) is 7.81. The maximum absolute atomic E-state index is 9.58. The maximum atomic E-state index is 9.58. The zero-order chi connectivity index (χ0) is 15.0. The number of halogens is 2. The quantitative estimate of drug-likeness (QED) is 0.301. The minimum atomic E-state index is -3.03. The van der Waals surface area contributed by atoms with Crippen molar-refractivity contribution in [1.29, 1.82) is 0 Å². The summed E-state index contributed by atoms with van der Waals surface area (Å²) in [5, 5.41) is 0. The van der Waals surface area contributed by atoms with Crippen molar-refractivity contribution in [1.82, 2.24) is 9.97 Å². The van der Waals surface area contributed by atoms with Crippen LogP contribution in [0.3, 0.4) is 0 Å². The fourth-order valence-corrected chi connectivity index (χ4v) is 1.34. The van der Waals surface area contributed by atoms with Gasteiger partial charge in [-0.25, -0.2) is 0 Å². The van der Waals surface area contributed by atoms with Crippen LogP contribution in [0.4, 0.5) is 0 Å². The molecule has 0 bridgehead atoms. The number of nitroso groups, excluding NO2 is 2. The Morgan fingerprint density at radius 2 is 1.65 bits per heavy atom. The van der Waals surface area contributed by atoms with Crippen LogP contribution in [0.15, 0.2) is 50.2 Å². The number of aromatic nitrogens is 2. The zero-order valence-electron chi connectivity index (χ0n) is 10.3. The molecule has 2 heterocycles. The third-order valence-corrected chi connectivity index (χ3v) is 6.78. The summed E-state index contributed by atoms with van der Waals surface area (Å²) in [6.45, 7) is 2.04. The molecule has 0 saturated heterocycles. The van der Waals surface area contributed by atoms with E-state index < -0.39 is 9.20 Å². The number of pyridine rings is 2. The third kappa shape index (κ3) is 5.96. The van der Waals surface area contributed by atoms with Gasteiger partial charge >= 0.3 is 65.2 Å². The van der Waals surface area contributed by atoms with Crippen LogP contribution in [0.1, 0.15) is 5.56 Å².